The lowest BCUT2D eigenvalue weighted by molar-refractivity contribution is -0.142. The lowest BCUT2D eigenvalue weighted by Gasteiger charge is -2.26. The number of primary amides is 1. The number of aromatic nitrogens is 4. The summed E-state index contributed by atoms with van der Waals surface area (Å²) in [6, 6.07) is -6.77. The van der Waals surface area contributed by atoms with Gasteiger partial charge in [0.1, 0.15) is 30.2 Å². The lowest BCUT2D eigenvalue weighted by Crippen LogP contribution is -2.58. The Labute approximate surface area is 268 Å². The molecule has 0 spiro atoms. The largest absolute Gasteiger partial charge is 0.480 e. The smallest absolute Gasteiger partial charge is 0.326 e. The maximum atomic E-state index is 13.2. The predicted molar refractivity (Wildman–Crippen MR) is 161 cm³/mol. The Morgan fingerprint density at radius 3 is 1.87 bits per heavy atom. The summed E-state index contributed by atoms with van der Waals surface area (Å²) >= 11 is 0. The van der Waals surface area contributed by atoms with Crippen molar-refractivity contribution in [1.29, 1.82) is 0 Å². The zero-order valence-electron chi connectivity index (χ0n) is 25.8. The first-order valence-electron chi connectivity index (χ1n) is 14.6. The number of carbonyl (C=O) groups excluding carboxylic acids is 6. The van der Waals surface area contributed by atoms with E-state index in [1.54, 1.807) is 13.8 Å². The van der Waals surface area contributed by atoms with Gasteiger partial charge in [-0.3, -0.25) is 28.8 Å². The second-order valence-electron chi connectivity index (χ2n) is 10.7. The molecule has 20 nitrogen and oxygen atoms in total. The highest BCUT2D eigenvalue weighted by Gasteiger charge is 2.32. The monoisotopic (exact) mass is 663 g/mol. The van der Waals surface area contributed by atoms with Gasteiger partial charge < -0.3 is 58.2 Å². The van der Waals surface area contributed by atoms with Crippen LogP contribution in [0.1, 0.15) is 38.1 Å². The molecule has 2 aromatic heterocycles. The van der Waals surface area contributed by atoms with E-state index < -0.39 is 97.1 Å². The minimum atomic E-state index is -1.55. The van der Waals surface area contributed by atoms with Crippen molar-refractivity contribution in [3.63, 3.8) is 0 Å². The van der Waals surface area contributed by atoms with Gasteiger partial charge in [0.25, 0.3) is 0 Å². The van der Waals surface area contributed by atoms with E-state index in [4.69, 9.17) is 16.6 Å². The Morgan fingerprint density at radius 1 is 0.830 bits per heavy atom. The van der Waals surface area contributed by atoms with Gasteiger partial charge in [-0.05, 0) is 5.92 Å². The highest BCUT2D eigenvalue weighted by atomic mass is 16.4. The predicted octanol–water partition coefficient (Wildman–Crippen LogP) is -4.70. The molecule has 13 N–H and O–H groups in total. The number of aliphatic carboxylic acids is 1. The van der Waals surface area contributed by atoms with E-state index in [2.05, 4.69) is 46.5 Å². The van der Waals surface area contributed by atoms with Crippen molar-refractivity contribution in [3.05, 3.63) is 36.4 Å². The number of nitrogens with zero attached hydrogens (tertiary/aromatic N) is 2. The summed E-state index contributed by atoms with van der Waals surface area (Å²) in [6.45, 7) is 2.07. The molecule has 0 radical (unpaired) electrons. The molecule has 0 aliphatic carbocycles. The Balaban J connectivity index is 2.12. The zero-order chi connectivity index (χ0) is 35.1. The van der Waals surface area contributed by atoms with Gasteiger partial charge in [0.05, 0.1) is 32.2 Å². The number of aromatic amines is 2. The van der Waals surface area contributed by atoms with E-state index in [1.807, 2.05) is 0 Å². The molecule has 0 saturated carbocycles. The summed E-state index contributed by atoms with van der Waals surface area (Å²) in [5.41, 5.74) is 11.6. The van der Waals surface area contributed by atoms with Crippen LogP contribution in [0.25, 0.3) is 0 Å². The summed E-state index contributed by atoms with van der Waals surface area (Å²) in [4.78, 5) is 101. The van der Waals surface area contributed by atoms with Crippen LogP contribution in [-0.2, 0) is 46.4 Å². The minimum absolute atomic E-state index is 0.0834. The molecular formula is C27H41N11O9. The number of nitrogens with one attached hydrogen (secondary N) is 7. The summed E-state index contributed by atoms with van der Waals surface area (Å²) < 4.78 is 0. The van der Waals surface area contributed by atoms with E-state index >= 15 is 0 Å². The van der Waals surface area contributed by atoms with Gasteiger partial charge >= 0.3 is 5.97 Å². The topological polar surface area (TPSA) is 330 Å². The maximum absolute atomic E-state index is 13.2. The van der Waals surface area contributed by atoms with Crippen molar-refractivity contribution in [2.75, 3.05) is 13.2 Å². The van der Waals surface area contributed by atoms with Crippen LogP contribution >= 0.6 is 0 Å². The fraction of sp³-hybridized carbons (Fsp3) is 0.519. The molecule has 258 valence electrons. The van der Waals surface area contributed by atoms with Crippen LogP contribution in [0.15, 0.2) is 25.0 Å². The minimum Gasteiger partial charge on any atom is -0.480 e. The van der Waals surface area contributed by atoms with Crippen LogP contribution in [0.4, 0.5) is 0 Å². The van der Waals surface area contributed by atoms with Crippen LogP contribution in [-0.4, -0.2) is 115 Å². The summed E-state index contributed by atoms with van der Waals surface area (Å²) in [6.07, 6.45) is 5.04. The molecule has 47 heavy (non-hydrogen) atoms. The molecule has 2 heterocycles. The Kier molecular flexibility index (Phi) is 14.9. The second-order valence-corrected chi connectivity index (χ2v) is 10.7. The Hall–Kier alpha value is -5.37. The lowest BCUT2D eigenvalue weighted by atomic mass is 9.97. The standard InChI is InChI=1S/C27H41N11O9/c1-3-13(2)22(26(45)37-19(27(46)47)5-15-8-31-12-34-15)38-21(41)9-32-24(43)17(4-14-7-30-11-33-14)36-25(44)18(6-20(29)40)35-23(42)16(28)10-39/h7-8,11-13,16-19,22,39H,3-6,9-10,28H2,1-2H3,(H2,29,40)(H,30,33)(H,31,34)(H,32,43)(H,35,42)(H,36,44)(H,37,45)(H,38,41)(H,46,47)/t13-,16-,17-,18-,19-,22-/m0/s1. The highest BCUT2D eigenvalue weighted by molar-refractivity contribution is 5.97. The van der Waals surface area contributed by atoms with Crippen LogP contribution in [0.3, 0.4) is 0 Å². The van der Waals surface area contributed by atoms with Crippen molar-refractivity contribution in [2.45, 2.75) is 69.7 Å². The van der Waals surface area contributed by atoms with Gasteiger partial charge in [-0.2, -0.15) is 0 Å². The normalized spacial score (nSPS) is 14.7. The first kappa shape index (κ1) is 37.8. The third kappa shape index (κ3) is 12.5. The van der Waals surface area contributed by atoms with Crippen molar-refractivity contribution in [1.82, 2.24) is 46.5 Å². The molecule has 0 aromatic carbocycles. The fourth-order valence-corrected chi connectivity index (χ4v) is 4.16. The summed E-state index contributed by atoms with van der Waals surface area (Å²) in [5.74, 6) is -7.01. The number of hydrogen-bond donors (Lipinski definition) is 11. The molecule has 0 aliphatic rings. The number of amides is 6. The number of H-pyrrole nitrogens is 2. The van der Waals surface area contributed by atoms with Crippen LogP contribution in [0, 0.1) is 5.92 Å². The molecule has 0 bridgehead atoms. The van der Waals surface area contributed by atoms with Crippen LogP contribution < -0.4 is 38.1 Å². The van der Waals surface area contributed by atoms with Crippen LogP contribution in [0.5, 0.6) is 0 Å². The molecule has 0 unspecified atom stereocenters. The van der Waals surface area contributed by atoms with Crippen molar-refractivity contribution < 1.29 is 43.8 Å². The molecule has 6 amide bonds. The van der Waals surface area contributed by atoms with Crippen molar-refractivity contribution >= 4 is 41.4 Å². The average Bonchev–Trinajstić information content (AvgIpc) is 3.75. The average molecular weight is 664 g/mol. The van der Waals surface area contributed by atoms with Crippen molar-refractivity contribution in [2.24, 2.45) is 17.4 Å². The summed E-state index contributed by atoms with van der Waals surface area (Å²) in [5, 5.41) is 30.6. The van der Waals surface area contributed by atoms with Gasteiger partial charge in [-0.1, -0.05) is 20.3 Å². The Bertz CT molecular complexity index is 1370. The molecular weight excluding hydrogens is 622 g/mol. The number of rotatable bonds is 20. The van der Waals surface area contributed by atoms with Crippen LogP contribution in [0.2, 0.25) is 0 Å². The highest BCUT2D eigenvalue weighted by Crippen LogP contribution is 2.10. The SMILES string of the molecule is CC[C@H](C)[C@H](NC(=O)CNC(=O)[C@H](Cc1cnc[nH]1)NC(=O)[C@H](CC(N)=O)NC(=O)[C@@H](N)CO)C(=O)N[C@@H](Cc1cnc[nH]1)C(=O)O. The molecule has 0 aliphatic heterocycles. The number of aliphatic hydroxyl groups excluding tert-OH is 1. The molecule has 20 heteroatoms. The molecule has 2 aromatic rings. The van der Waals surface area contributed by atoms with Gasteiger partial charge in [0, 0.05) is 36.6 Å². The zero-order valence-corrected chi connectivity index (χ0v) is 25.8. The maximum Gasteiger partial charge on any atom is 0.326 e. The first-order chi connectivity index (χ1) is 22.2. The Morgan fingerprint density at radius 2 is 1.38 bits per heavy atom. The number of hydrogen-bond acceptors (Lipinski definition) is 11. The first-order valence-corrected chi connectivity index (χ1v) is 14.6. The number of imidazole rings is 2. The van der Waals surface area contributed by atoms with Crippen molar-refractivity contribution in [3.8, 4) is 0 Å². The van der Waals surface area contributed by atoms with E-state index in [9.17, 15) is 38.7 Å². The third-order valence-corrected chi connectivity index (χ3v) is 7.01. The van der Waals surface area contributed by atoms with Gasteiger partial charge in [-0.25, -0.2) is 14.8 Å². The molecule has 2 rings (SSSR count). The van der Waals surface area contributed by atoms with Gasteiger partial charge in [0.2, 0.25) is 35.4 Å². The van der Waals surface area contributed by atoms with E-state index in [0.29, 0.717) is 17.8 Å². The summed E-state index contributed by atoms with van der Waals surface area (Å²) in [7, 11) is 0. The number of carboxylic acids is 1. The quantitative estimate of drug-likeness (QED) is 0.0637. The third-order valence-electron chi connectivity index (χ3n) is 7.01. The second kappa shape index (κ2) is 18.6. The van der Waals surface area contributed by atoms with E-state index in [0.717, 1.165) is 0 Å². The molecule has 6 atom stereocenters. The van der Waals surface area contributed by atoms with E-state index in [1.165, 1.54) is 25.0 Å². The number of carbonyl (C=O) groups is 7. The molecule has 0 saturated heterocycles. The number of nitrogens with two attached hydrogens (primary N) is 2. The number of carboxylic acid groups (broad SMARTS) is 1. The molecule has 0 fully saturated rings. The fourth-order valence-electron chi connectivity index (χ4n) is 4.16. The van der Waals surface area contributed by atoms with E-state index in [-0.39, 0.29) is 12.8 Å². The number of aliphatic hydroxyl groups is 1. The van der Waals surface area contributed by atoms with Gasteiger partial charge in [-0.15, -0.1) is 0 Å². The van der Waals surface area contributed by atoms with Gasteiger partial charge in [0.15, 0.2) is 0 Å².